The second-order valence-electron chi connectivity index (χ2n) is 5.64. The van der Waals surface area contributed by atoms with Crippen molar-refractivity contribution >= 4 is 10.8 Å². The Kier molecular flexibility index (Phi) is 4.35. The molecule has 0 aliphatic rings. The van der Waals surface area contributed by atoms with Crippen LogP contribution in [0.25, 0.3) is 10.8 Å². The van der Waals surface area contributed by atoms with E-state index in [-0.39, 0.29) is 0 Å². The fourth-order valence-corrected chi connectivity index (χ4v) is 2.92. The number of aryl methyl sites for hydroxylation is 1. The van der Waals surface area contributed by atoms with Crippen LogP contribution in [0.1, 0.15) is 30.9 Å². The van der Waals surface area contributed by atoms with E-state index < -0.39 is 0 Å². The molecular formula is C21H21. The van der Waals surface area contributed by atoms with Gasteiger partial charge in [0.25, 0.3) is 0 Å². The lowest BCUT2D eigenvalue weighted by molar-refractivity contribution is 0.764. The first-order valence-corrected chi connectivity index (χ1v) is 7.69. The van der Waals surface area contributed by atoms with Gasteiger partial charge in [0.2, 0.25) is 0 Å². The van der Waals surface area contributed by atoms with E-state index in [0.717, 1.165) is 12.8 Å². The number of hydrogen-bond donors (Lipinski definition) is 0. The van der Waals surface area contributed by atoms with E-state index in [1.54, 1.807) is 0 Å². The van der Waals surface area contributed by atoms with Gasteiger partial charge < -0.3 is 0 Å². The number of fused-ring (bicyclic) bond motifs is 1. The van der Waals surface area contributed by atoms with Crippen molar-refractivity contribution in [3.8, 4) is 0 Å². The second kappa shape index (κ2) is 6.58. The molecule has 3 rings (SSSR count). The zero-order chi connectivity index (χ0) is 14.5. The summed E-state index contributed by atoms with van der Waals surface area (Å²) in [6.45, 7) is 2.25. The van der Waals surface area contributed by atoms with Crippen LogP contribution in [0, 0.1) is 5.92 Å². The summed E-state index contributed by atoms with van der Waals surface area (Å²) in [5.74, 6) is 1.48. The number of benzene rings is 3. The molecule has 0 aliphatic carbocycles. The predicted molar refractivity (Wildman–Crippen MR) is 91.3 cm³/mol. The predicted octanol–water partition coefficient (Wildman–Crippen LogP) is 5.81. The van der Waals surface area contributed by atoms with Crippen molar-refractivity contribution in [1.29, 1.82) is 0 Å². The minimum Gasteiger partial charge on any atom is -0.0622 e. The molecule has 0 unspecified atom stereocenters. The standard InChI is InChI=1S/C21H21/c1-17(18-10-3-2-4-11-18)9-7-13-20-15-8-14-19-12-5-6-16-21(19)20/h2-6,8,10-12,14-16H,7,9,13H2,1H3. The highest BCUT2D eigenvalue weighted by atomic mass is 14.1. The average Bonchev–Trinajstić information content (AvgIpc) is 2.56. The SMILES string of the molecule is C[C](CCCc1cccc2ccccc12)c1ccccc1. The molecular weight excluding hydrogens is 252 g/mol. The van der Waals surface area contributed by atoms with Crippen molar-refractivity contribution in [3.63, 3.8) is 0 Å². The lowest BCUT2D eigenvalue weighted by Crippen LogP contribution is -1.96. The minimum absolute atomic E-state index is 1.14. The smallest absolute Gasteiger partial charge is 0.00190 e. The van der Waals surface area contributed by atoms with Crippen molar-refractivity contribution in [2.45, 2.75) is 26.2 Å². The average molecular weight is 273 g/mol. The van der Waals surface area contributed by atoms with Gasteiger partial charge in [0.1, 0.15) is 0 Å². The van der Waals surface area contributed by atoms with Crippen molar-refractivity contribution in [3.05, 3.63) is 89.8 Å². The van der Waals surface area contributed by atoms with E-state index in [1.807, 2.05) is 0 Å². The Balaban J connectivity index is 1.65. The Labute approximate surface area is 127 Å². The highest BCUT2D eigenvalue weighted by Gasteiger charge is 2.06. The third-order valence-electron chi connectivity index (χ3n) is 4.14. The van der Waals surface area contributed by atoms with Gasteiger partial charge in [0, 0.05) is 5.92 Å². The molecule has 0 saturated heterocycles. The first-order chi connectivity index (χ1) is 10.3. The van der Waals surface area contributed by atoms with Gasteiger partial charge in [-0.3, -0.25) is 0 Å². The van der Waals surface area contributed by atoms with Crippen LogP contribution in [0.15, 0.2) is 72.8 Å². The molecule has 0 nitrogen and oxygen atoms in total. The molecule has 0 aromatic heterocycles. The third kappa shape index (κ3) is 3.33. The van der Waals surface area contributed by atoms with Crippen LogP contribution in [-0.2, 0) is 6.42 Å². The molecule has 105 valence electrons. The van der Waals surface area contributed by atoms with E-state index in [2.05, 4.69) is 79.7 Å². The molecule has 0 heteroatoms. The Hall–Kier alpha value is -2.08. The summed E-state index contributed by atoms with van der Waals surface area (Å²) in [5.41, 5.74) is 2.84. The Morgan fingerprint density at radius 2 is 1.48 bits per heavy atom. The highest BCUT2D eigenvalue weighted by molar-refractivity contribution is 5.85. The van der Waals surface area contributed by atoms with Gasteiger partial charge in [-0.2, -0.15) is 0 Å². The lowest BCUT2D eigenvalue weighted by Gasteiger charge is -2.12. The molecule has 0 atom stereocenters. The molecule has 0 spiro atoms. The lowest BCUT2D eigenvalue weighted by atomic mass is 9.93. The monoisotopic (exact) mass is 273 g/mol. The highest BCUT2D eigenvalue weighted by Crippen LogP contribution is 2.23. The van der Waals surface area contributed by atoms with Crippen molar-refractivity contribution < 1.29 is 0 Å². The Morgan fingerprint density at radius 1 is 0.762 bits per heavy atom. The maximum atomic E-state index is 2.26. The molecule has 0 bridgehead atoms. The summed E-state index contributed by atoms with van der Waals surface area (Å²) in [6.07, 6.45) is 3.51. The molecule has 3 aromatic rings. The molecule has 21 heavy (non-hydrogen) atoms. The van der Waals surface area contributed by atoms with Crippen LogP contribution >= 0.6 is 0 Å². The summed E-state index contributed by atoms with van der Waals surface area (Å²) in [6, 6.07) is 26.0. The van der Waals surface area contributed by atoms with Gasteiger partial charge in [0.05, 0.1) is 0 Å². The maximum Gasteiger partial charge on any atom is 0.00190 e. The van der Waals surface area contributed by atoms with Crippen LogP contribution in [0.5, 0.6) is 0 Å². The molecule has 0 aliphatic heterocycles. The van der Waals surface area contributed by atoms with Crippen molar-refractivity contribution in [2.75, 3.05) is 0 Å². The maximum absolute atomic E-state index is 2.26. The van der Waals surface area contributed by atoms with Gasteiger partial charge in [0.15, 0.2) is 0 Å². The fourth-order valence-electron chi connectivity index (χ4n) is 2.92. The van der Waals surface area contributed by atoms with Gasteiger partial charge >= 0.3 is 0 Å². The first-order valence-electron chi connectivity index (χ1n) is 7.69. The normalized spacial score (nSPS) is 11.1. The summed E-state index contributed by atoms with van der Waals surface area (Å²) in [7, 11) is 0. The van der Waals surface area contributed by atoms with Gasteiger partial charge in [-0.25, -0.2) is 0 Å². The summed E-state index contributed by atoms with van der Waals surface area (Å²) < 4.78 is 0. The minimum atomic E-state index is 1.14. The molecule has 3 aromatic carbocycles. The van der Waals surface area contributed by atoms with Gasteiger partial charge in [-0.05, 0) is 41.2 Å². The number of hydrogen-bond acceptors (Lipinski definition) is 0. The Morgan fingerprint density at radius 3 is 2.33 bits per heavy atom. The van der Waals surface area contributed by atoms with Gasteiger partial charge in [-0.1, -0.05) is 79.7 Å². The summed E-state index contributed by atoms with van der Waals surface area (Å²) in [5, 5.41) is 2.75. The number of rotatable bonds is 5. The van der Waals surface area contributed by atoms with Crippen LogP contribution in [-0.4, -0.2) is 0 Å². The quantitative estimate of drug-likeness (QED) is 0.550. The fraction of sp³-hybridized carbons (Fsp3) is 0.190. The molecule has 0 N–H and O–H groups in total. The van der Waals surface area contributed by atoms with Crippen LogP contribution in [0.4, 0.5) is 0 Å². The van der Waals surface area contributed by atoms with E-state index in [0.29, 0.717) is 0 Å². The zero-order valence-electron chi connectivity index (χ0n) is 12.5. The van der Waals surface area contributed by atoms with Crippen molar-refractivity contribution in [2.24, 2.45) is 0 Å². The van der Waals surface area contributed by atoms with Crippen LogP contribution in [0.2, 0.25) is 0 Å². The second-order valence-corrected chi connectivity index (χ2v) is 5.64. The Bertz CT molecular complexity index is 692. The molecule has 0 saturated carbocycles. The van der Waals surface area contributed by atoms with Gasteiger partial charge in [-0.15, -0.1) is 0 Å². The molecule has 0 amide bonds. The third-order valence-corrected chi connectivity index (χ3v) is 4.14. The first kappa shape index (κ1) is 13.9. The van der Waals surface area contributed by atoms with E-state index >= 15 is 0 Å². The van der Waals surface area contributed by atoms with Crippen LogP contribution < -0.4 is 0 Å². The molecule has 1 radical (unpaired) electrons. The molecule has 0 heterocycles. The zero-order valence-corrected chi connectivity index (χ0v) is 12.5. The van der Waals surface area contributed by atoms with E-state index in [9.17, 15) is 0 Å². The largest absolute Gasteiger partial charge is 0.0622 e. The molecule has 0 fully saturated rings. The summed E-state index contributed by atoms with van der Waals surface area (Å²) in [4.78, 5) is 0. The van der Waals surface area contributed by atoms with Crippen LogP contribution in [0.3, 0.4) is 0 Å². The van der Waals surface area contributed by atoms with E-state index in [1.165, 1.54) is 34.2 Å². The topological polar surface area (TPSA) is 0 Å². The summed E-state index contributed by atoms with van der Waals surface area (Å²) >= 11 is 0. The van der Waals surface area contributed by atoms with E-state index in [4.69, 9.17) is 0 Å². The van der Waals surface area contributed by atoms with Crippen molar-refractivity contribution in [1.82, 2.24) is 0 Å².